The number of hydrogen-bond acceptors (Lipinski definition) is 4. The fraction of sp³-hybridized carbons (Fsp3) is 0.786. The number of guanidine groups is 1. The van der Waals surface area contributed by atoms with Crippen LogP contribution >= 0.6 is 0 Å². The maximum atomic E-state index is 6.00. The Balaban J connectivity index is 1.71. The van der Waals surface area contributed by atoms with Gasteiger partial charge in [-0.15, -0.1) is 0 Å². The standard InChI is InChI=1S/C14H25N5O/c1-11(2)13-17-12(20-18-13)7-6-8-16-14(15)19-9-4-3-5-10-19/h11H,3-10H2,1-2H3,(H2,15,16). The first-order chi connectivity index (χ1) is 9.66. The van der Waals surface area contributed by atoms with Gasteiger partial charge in [0.05, 0.1) is 0 Å². The minimum atomic E-state index is 0.306. The first-order valence-electron chi connectivity index (χ1n) is 7.54. The number of aliphatic imine (C=N–C) groups is 1. The molecule has 6 heteroatoms. The van der Waals surface area contributed by atoms with Crippen molar-refractivity contribution in [2.45, 2.75) is 51.9 Å². The van der Waals surface area contributed by atoms with E-state index in [0.717, 1.165) is 31.8 Å². The number of hydrogen-bond donors (Lipinski definition) is 1. The third-order valence-corrected chi connectivity index (χ3v) is 3.50. The molecule has 112 valence electrons. The molecule has 2 N–H and O–H groups in total. The molecule has 0 aromatic carbocycles. The summed E-state index contributed by atoms with van der Waals surface area (Å²) < 4.78 is 5.20. The molecule has 0 atom stereocenters. The highest BCUT2D eigenvalue weighted by Crippen LogP contribution is 2.11. The normalized spacial score (nSPS) is 16.9. The van der Waals surface area contributed by atoms with Gasteiger partial charge in [-0.1, -0.05) is 19.0 Å². The van der Waals surface area contributed by atoms with Crippen LogP contribution in [0.1, 0.15) is 57.2 Å². The zero-order valence-corrected chi connectivity index (χ0v) is 12.5. The van der Waals surface area contributed by atoms with Gasteiger partial charge in [0.15, 0.2) is 11.8 Å². The molecule has 1 fully saturated rings. The van der Waals surface area contributed by atoms with Gasteiger partial charge in [-0.3, -0.25) is 4.99 Å². The smallest absolute Gasteiger partial charge is 0.226 e. The van der Waals surface area contributed by atoms with Crippen LogP contribution in [0.4, 0.5) is 0 Å². The molecule has 2 heterocycles. The first kappa shape index (κ1) is 14.8. The molecule has 0 saturated carbocycles. The summed E-state index contributed by atoms with van der Waals surface area (Å²) in [4.78, 5) is 11.0. The van der Waals surface area contributed by atoms with E-state index in [2.05, 4.69) is 33.9 Å². The average molecular weight is 279 g/mol. The molecule has 1 saturated heterocycles. The van der Waals surface area contributed by atoms with Crippen molar-refractivity contribution in [3.8, 4) is 0 Å². The van der Waals surface area contributed by atoms with Gasteiger partial charge in [-0.05, 0) is 25.7 Å². The largest absolute Gasteiger partial charge is 0.370 e. The fourth-order valence-electron chi connectivity index (χ4n) is 2.25. The van der Waals surface area contributed by atoms with Crippen LogP contribution in [0, 0.1) is 0 Å². The average Bonchev–Trinajstić information content (AvgIpc) is 2.93. The lowest BCUT2D eigenvalue weighted by molar-refractivity contribution is 0.337. The van der Waals surface area contributed by atoms with Gasteiger partial charge < -0.3 is 15.2 Å². The number of likely N-dealkylation sites (tertiary alicyclic amines) is 1. The second-order valence-corrected chi connectivity index (χ2v) is 5.59. The van der Waals surface area contributed by atoms with E-state index in [1.165, 1.54) is 19.3 Å². The first-order valence-corrected chi connectivity index (χ1v) is 7.54. The Bertz CT molecular complexity index is 435. The molecule has 1 aliphatic heterocycles. The summed E-state index contributed by atoms with van der Waals surface area (Å²) in [5.74, 6) is 2.45. The third kappa shape index (κ3) is 4.21. The Morgan fingerprint density at radius 2 is 2.10 bits per heavy atom. The van der Waals surface area contributed by atoms with Crippen LogP contribution in [0.25, 0.3) is 0 Å². The summed E-state index contributed by atoms with van der Waals surface area (Å²) >= 11 is 0. The van der Waals surface area contributed by atoms with Crippen molar-refractivity contribution in [3.05, 3.63) is 11.7 Å². The van der Waals surface area contributed by atoms with Crippen LogP contribution in [0.3, 0.4) is 0 Å². The van der Waals surface area contributed by atoms with Gasteiger partial charge in [0, 0.05) is 32.0 Å². The Kier molecular flexibility index (Phi) is 5.38. The van der Waals surface area contributed by atoms with Crippen molar-refractivity contribution in [1.29, 1.82) is 0 Å². The summed E-state index contributed by atoms with van der Waals surface area (Å²) in [7, 11) is 0. The van der Waals surface area contributed by atoms with Gasteiger partial charge in [-0.2, -0.15) is 4.98 Å². The summed E-state index contributed by atoms with van der Waals surface area (Å²) in [5.41, 5.74) is 6.00. The minimum Gasteiger partial charge on any atom is -0.370 e. The van der Waals surface area contributed by atoms with Crippen molar-refractivity contribution in [2.24, 2.45) is 10.7 Å². The Labute approximate surface area is 120 Å². The summed E-state index contributed by atoms with van der Waals surface area (Å²) in [5, 5.41) is 3.95. The highest BCUT2D eigenvalue weighted by atomic mass is 16.5. The maximum absolute atomic E-state index is 6.00. The Hall–Kier alpha value is -1.59. The molecule has 0 bridgehead atoms. The molecule has 2 rings (SSSR count). The van der Waals surface area contributed by atoms with E-state index in [4.69, 9.17) is 10.3 Å². The van der Waals surface area contributed by atoms with E-state index in [1.54, 1.807) is 0 Å². The SMILES string of the molecule is CC(C)c1noc(CCCN=C(N)N2CCCCC2)n1. The molecule has 0 amide bonds. The van der Waals surface area contributed by atoms with Crippen molar-refractivity contribution < 1.29 is 4.52 Å². The van der Waals surface area contributed by atoms with Crippen LogP contribution in [0.5, 0.6) is 0 Å². The van der Waals surface area contributed by atoms with Crippen molar-refractivity contribution >= 4 is 5.96 Å². The lowest BCUT2D eigenvalue weighted by Gasteiger charge is -2.27. The summed E-state index contributed by atoms with van der Waals surface area (Å²) in [6.07, 6.45) is 5.39. The van der Waals surface area contributed by atoms with Gasteiger partial charge in [0.2, 0.25) is 5.89 Å². The molecule has 0 spiro atoms. The van der Waals surface area contributed by atoms with E-state index in [0.29, 0.717) is 24.3 Å². The number of nitrogens with zero attached hydrogens (tertiary/aromatic N) is 4. The molecular formula is C14H25N5O. The third-order valence-electron chi connectivity index (χ3n) is 3.50. The van der Waals surface area contributed by atoms with Crippen molar-refractivity contribution in [2.75, 3.05) is 19.6 Å². The maximum Gasteiger partial charge on any atom is 0.226 e. The predicted molar refractivity (Wildman–Crippen MR) is 78.6 cm³/mol. The van der Waals surface area contributed by atoms with Gasteiger partial charge in [0.1, 0.15) is 0 Å². The monoisotopic (exact) mass is 279 g/mol. The highest BCUT2D eigenvalue weighted by molar-refractivity contribution is 5.78. The lowest BCUT2D eigenvalue weighted by Crippen LogP contribution is -2.40. The summed E-state index contributed by atoms with van der Waals surface area (Å²) in [6, 6.07) is 0. The molecule has 1 aliphatic rings. The molecule has 20 heavy (non-hydrogen) atoms. The molecule has 1 aromatic rings. The Morgan fingerprint density at radius 3 is 2.75 bits per heavy atom. The number of aryl methyl sites for hydroxylation is 1. The predicted octanol–water partition coefficient (Wildman–Crippen LogP) is 1.93. The summed E-state index contributed by atoms with van der Waals surface area (Å²) in [6.45, 7) is 6.89. The number of aromatic nitrogens is 2. The van der Waals surface area contributed by atoms with Crippen molar-refractivity contribution in [3.63, 3.8) is 0 Å². The topological polar surface area (TPSA) is 80.5 Å². The zero-order valence-electron chi connectivity index (χ0n) is 12.5. The second kappa shape index (κ2) is 7.26. The van der Waals surface area contributed by atoms with Crippen LogP contribution in [0.2, 0.25) is 0 Å². The lowest BCUT2D eigenvalue weighted by atomic mass is 10.1. The Morgan fingerprint density at radius 1 is 1.35 bits per heavy atom. The molecule has 0 radical (unpaired) electrons. The van der Waals surface area contributed by atoms with E-state index in [-0.39, 0.29) is 0 Å². The van der Waals surface area contributed by atoms with Crippen LogP contribution < -0.4 is 5.73 Å². The van der Waals surface area contributed by atoms with Crippen LogP contribution in [-0.2, 0) is 6.42 Å². The van der Waals surface area contributed by atoms with Gasteiger partial charge in [-0.25, -0.2) is 0 Å². The molecule has 1 aromatic heterocycles. The second-order valence-electron chi connectivity index (χ2n) is 5.59. The van der Waals surface area contributed by atoms with Crippen LogP contribution in [0.15, 0.2) is 9.52 Å². The fourth-order valence-corrected chi connectivity index (χ4v) is 2.25. The van der Waals surface area contributed by atoms with E-state index in [9.17, 15) is 0 Å². The zero-order chi connectivity index (χ0) is 14.4. The number of piperidine rings is 1. The van der Waals surface area contributed by atoms with Crippen LogP contribution in [-0.4, -0.2) is 40.6 Å². The molecule has 0 aliphatic carbocycles. The quantitative estimate of drug-likeness (QED) is 0.506. The van der Waals surface area contributed by atoms with E-state index in [1.807, 2.05) is 0 Å². The highest BCUT2D eigenvalue weighted by Gasteiger charge is 2.12. The number of rotatable bonds is 5. The van der Waals surface area contributed by atoms with Gasteiger partial charge >= 0.3 is 0 Å². The minimum absolute atomic E-state index is 0.306. The van der Waals surface area contributed by atoms with Gasteiger partial charge in [0.25, 0.3) is 0 Å². The van der Waals surface area contributed by atoms with E-state index >= 15 is 0 Å². The molecule has 0 unspecified atom stereocenters. The molecule has 6 nitrogen and oxygen atoms in total. The number of nitrogens with two attached hydrogens (primary N) is 1. The van der Waals surface area contributed by atoms with E-state index < -0.39 is 0 Å². The molecular weight excluding hydrogens is 254 g/mol. The van der Waals surface area contributed by atoms with Crippen molar-refractivity contribution in [1.82, 2.24) is 15.0 Å².